The van der Waals surface area contributed by atoms with Gasteiger partial charge in [0.2, 0.25) is 0 Å². The highest BCUT2D eigenvalue weighted by molar-refractivity contribution is 6.42. The second-order valence-corrected chi connectivity index (χ2v) is 6.12. The van der Waals surface area contributed by atoms with Crippen LogP contribution in [0.1, 0.15) is 26.3 Å². The molecule has 122 valence electrons. The summed E-state index contributed by atoms with van der Waals surface area (Å²) in [6.07, 6.45) is -0.00310. The van der Waals surface area contributed by atoms with Crippen LogP contribution in [0.3, 0.4) is 0 Å². The Morgan fingerprint density at radius 2 is 1.46 bits per heavy atom. The lowest BCUT2D eigenvalue weighted by Crippen LogP contribution is -2.46. The van der Waals surface area contributed by atoms with Crippen molar-refractivity contribution in [2.24, 2.45) is 0 Å². The van der Waals surface area contributed by atoms with E-state index < -0.39 is 23.8 Å². The van der Waals surface area contributed by atoms with Crippen LogP contribution >= 0.6 is 23.2 Å². The van der Waals surface area contributed by atoms with Gasteiger partial charge in [-0.15, -0.1) is 0 Å². The van der Waals surface area contributed by atoms with E-state index in [9.17, 15) is 19.5 Å². The van der Waals surface area contributed by atoms with Crippen LogP contribution in [0.15, 0.2) is 42.5 Å². The number of amides is 2. The minimum absolute atomic E-state index is 0.00310. The molecule has 1 heterocycles. The van der Waals surface area contributed by atoms with Gasteiger partial charge in [-0.25, -0.2) is 4.79 Å². The summed E-state index contributed by atoms with van der Waals surface area (Å²) in [5.41, 5.74) is 0.598. The number of nitrogens with zero attached hydrogens (tertiary/aromatic N) is 1. The molecule has 3 rings (SSSR count). The third-order valence-electron chi connectivity index (χ3n) is 3.84. The lowest BCUT2D eigenvalue weighted by atomic mass is 10.0. The molecule has 5 nitrogen and oxygen atoms in total. The highest BCUT2D eigenvalue weighted by atomic mass is 35.5. The summed E-state index contributed by atoms with van der Waals surface area (Å²) >= 11 is 12.0. The number of hydrogen-bond donors (Lipinski definition) is 1. The van der Waals surface area contributed by atoms with E-state index >= 15 is 0 Å². The molecule has 0 aliphatic carbocycles. The molecule has 0 saturated carbocycles. The molecule has 0 fully saturated rings. The Hall–Kier alpha value is -2.37. The molecular weight excluding hydrogens is 353 g/mol. The Labute approximate surface area is 147 Å². The molecule has 1 aliphatic heterocycles. The van der Waals surface area contributed by atoms with Gasteiger partial charge in [0.1, 0.15) is 6.04 Å². The molecule has 2 aromatic carbocycles. The molecule has 24 heavy (non-hydrogen) atoms. The van der Waals surface area contributed by atoms with Crippen molar-refractivity contribution in [3.8, 4) is 0 Å². The molecule has 1 N–H and O–H groups in total. The predicted octanol–water partition coefficient (Wildman–Crippen LogP) is 3.29. The number of hydrogen-bond acceptors (Lipinski definition) is 3. The number of carbonyl (C=O) groups excluding carboxylic acids is 2. The van der Waals surface area contributed by atoms with E-state index in [2.05, 4.69) is 0 Å². The van der Waals surface area contributed by atoms with Gasteiger partial charge in [0, 0.05) is 6.42 Å². The average molecular weight is 364 g/mol. The highest BCUT2D eigenvalue weighted by Crippen LogP contribution is 2.35. The monoisotopic (exact) mass is 363 g/mol. The molecule has 0 aromatic heterocycles. The van der Waals surface area contributed by atoms with Crippen molar-refractivity contribution in [3.63, 3.8) is 0 Å². The standard InChI is InChI=1S/C17H11Cl2NO4/c18-10-6-7-11(19)14-13(10)15(21)20(16(14)22)12(17(23)24)8-9-4-2-1-3-5-9/h1-7,12H,8H2,(H,23,24). The second kappa shape index (κ2) is 6.26. The van der Waals surface area contributed by atoms with Crippen LogP contribution in [-0.4, -0.2) is 33.8 Å². The van der Waals surface area contributed by atoms with Gasteiger partial charge in [0.15, 0.2) is 0 Å². The van der Waals surface area contributed by atoms with E-state index in [-0.39, 0.29) is 27.6 Å². The van der Waals surface area contributed by atoms with Crippen LogP contribution in [0.5, 0.6) is 0 Å². The first-order valence-electron chi connectivity index (χ1n) is 7.04. The molecule has 2 aromatic rings. The van der Waals surface area contributed by atoms with Crippen molar-refractivity contribution in [1.29, 1.82) is 0 Å². The summed E-state index contributed by atoms with van der Waals surface area (Å²) in [5.74, 6) is -2.77. The topological polar surface area (TPSA) is 74.7 Å². The van der Waals surface area contributed by atoms with Gasteiger partial charge in [-0.3, -0.25) is 14.5 Å². The average Bonchev–Trinajstić information content (AvgIpc) is 2.82. The smallest absolute Gasteiger partial charge is 0.327 e. The van der Waals surface area contributed by atoms with E-state index in [1.165, 1.54) is 12.1 Å². The predicted molar refractivity (Wildman–Crippen MR) is 88.5 cm³/mol. The Kier molecular flexibility index (Phi) is 4.30. The molecule has 1 aliphatic rings. The number of imide groups is 1. The first kappa shape index (κ1) is 16.5. The number of rotatable bonds is 4. The SMILES string of the molecule is O=C(O)C(Cc1ccccc1)N1C(=O)c2c(Cl)ccc(Cl)c2C1=O. The van der Waals surface area contributed by atoms with Crippen molar-refractivity contribution in [2.75, 3.05) is 0 Å². The largest absolute Gasteiger partial charge is 0.480 e. The third-order valence-corrected chi connectivity index (χ3v) is 4.47. The summed E-state index contributed by atoms with van der Waals surface area (Å²) < 4.78 is 0. The van der Waals surface area contributed by atoms with E-state index in [0.29, 0.717) is 5.56 Å². The number of halogens is 2. The van der Waals surface area contributed by atoms with Gasteiger partial charge in [0.25, 0.3) is 11.8 Å². The molecule has 0 spiro atoms. The fourth-order valence-electron chi connectivity index (χ4n) is 2.71. The van der Waals surface area contributed by atoms with Gasteiger partial charge in [-0.05, 0) is 17.7 Å². The molecule has 2 amide bonds. The van der Waals surface area contributed by atoms with E-state index in [0.717, 1.165) is 4.90 Å². The number of benzene rings is 2. The molecule has 0 saturated heterocycles. The molecule has 1 unspecified atom stereocenters. The van der Waals surface area contributed by atoms with Gasteiger partial charge in [-0.1, -0.05) is 53.5 Å². The lowest BCUT2D eigenvalue weighted by Gasteiger charge is -2.22. The lowest BCUT2D eigenvalue weighted by molar-refractivity contribution is -0.141. The molecule has 1 atom stereocenters. The van der Waals surface area contributed by atoms with Crippen LogP contribution < -0.4 is 0 Å². The van der Waals surface area contributed by atoms with Crippen molar-refractivity contribution < 1.29 is 19.5 Å². The van der Waals surface area contributed by atoms with Gasteiger partial charge < -0.3 is 5.11 Å². The zero-order chi connectivity index (χ0) is 17.4. The Bertz CT molecular complexity index is 810. The minimum atomic E-state index is -1.34. The summed E-state index contributed by atoms with van der Waals surface area (Å²) in [6.45, 7) is 0. The van der Waals surface area contributed by atoms with Crippen molar-refractivity contribution >= 4 is 41.0 Å². The zero-order valence-corrected chi connectivity index (χ0v) is 13.7. The molecule has 0 radical (unpaired) electrons. The van der Waals surface area contributed by atoms with Crippen molar-refractivity contribution in [1.82, 2.24) is 4.90 Å². The number of carboxylic acid groups (broad SMARTS) is 1. The number of carbonyl (C=O) groups is 3. The minimum Gasteiger partial charge on any atom is -0.480 e. The second-order valence-electron chi connectivity index (χ2n) is 5.30. The first-order valence-corrected chi connectivity index (χ1v) is 7.80. The van der Waals surface area contributed by atoms with E-state index in [1.807, 2.05) is 0 Å². The number of carboxylic acids is 1. The highest BCUT2D eigenvalue weighted by Gasteiger charge is 2.45. The van der Waals surface area contributed by atoms with Crippen LogP contribution in [-0.2, 0) is 11.2 Å². The molecule has 0 bridgehead atoms. The van der Waals surface area contributed by atoms with Gasteiger partial charge >= 0.3 is 5.97 Å². The maximum absolute atomic E-state index is 12.6. The van der Waals surface area contributed by atoms with E-state index in [1.54, 1.807) is 30.3 Å². The Morgan fingerprint density at radius 3 is 1.92 bits per heavy atom. The maximum Gasteiger partial charge on any atom is 0.327 e. The zero-order valence-electron chi connectivity index (χ0n) is 12.2. The van der Waals surface area contributed by atoms with Gasteiger partial charge in [0.05, 0.1) is 21.2 Å². The molecular formula is C17H11Cl2NO4. The quantitative estimate of drug-likeness (QED) is 0.845. The van der Waals surface area contributed by atoms with E-state index in [4.69, 9.17) is 23.2 Å². The molecule has 7 heteroatoms. The fraction of sp³-hybridized carbons (Fsp3) is 0.118. The number of aliphatic carboxylic acids is 1. The third kappa shape index (κ3) is 2.66. The summed E-state index contributed by atoms with van der Waals surface area (Å²) in [4.78, 5) is 37.6. The van der Waals surface area contributed by atoms with Crippen LogP contribution in [0.4, 0.5) is 0 Å². The number of fused-ring (bicyclic) bond motifs is 1. The van der Waals surface area contributed by atoms with Crippen molar-refractivity contribution in [2.45, 2.75) is 12.5 Å². The Morgan fingerprint density at radius 1 is 0.958 bits per heavy atom. The fourth-order valence-corrected chi connectivity index (χ4v) is 3.19. The van der Waals surface area contributed by atoms with Crippen LogP contribution in [0, 0.1) is 0 Å². The summed E-state index contributed by atoms with van der Waals surface area (Å²) in [6, 6.07) is 10.2. The normalized spacial score (nSPS) is 14.7. The Balaban J connectivity index is 2.03. The maximum atomic E-state index is 12.6. The summed E-state index contributed by atoms with van der Waals surface area (Å²) in [5, 5.41) is 9.67. The van der Waals surface area contributed by atoms with Crippen molar-refractivity contribution in [3.05, 3.63) is 69.2 Å². The summed E-state index contributed by atoms with van der Waals surface area (Å²) in [7, 11) is 0. The first-order chi connectivity index (χ1) is 11.4. The van der Waals surface area contributed by atoms with Crippen LogP contribution in [0.2, 0.25) is 10.0 Å². The van der Waals surface area contributed by atoms with Crippen LogP contribution in [0.25, 0.3) is 0 Å². The van der Waals surface area contributed by atoms with Gasteiger partial charge in [-0.2, -0.15) is 0 Å².